The van der Waals surface area contributed by atoms with E-state index in [1.165, 1.54) is 17.2 Å². The van der Waals surface area contributed by atoms with Crippen LogP contribution in [0.25, 0.3) is 0 Å². The van der Waals surface area contributed by atoms with Crippen molar-refractivity contribution in [2.24, 2.45) is 11.3 Å². The van der Waals surface area contributed by atoms with Crippen LogP contribution in [0.1, 0.15) is 42.0 Å². The van der Waals surface area contributed by atoms with Crippen LogP contribution in [-0.4, -0.2) is 41.7 Å². The molecule has 1 aliphatic heterocycles. The molecule has 5 heteroatoms. The highest BCUT2D eigenvalue weighted by atomic mass is 19.1. The van der Waals surface area contributed by atoms with Gasteiger partial charge in [-0.05, 0) is 74.1 Å². The van der Waals surface area contributed by atoms with Crippen molar-refractivity contribution < 1.29 is 19.0 Å². The Morgan fingerprint density at radius 1 is 1.13 bits per heavy atom. The Labute approximate surface area is 182 Å². The van der Waals surface area contributed by atoms with Crippen LogP contribution in [0, 0.1) is 29.0 Å². The summed E-state index contributed by atoms with van der Waals surface area (Å²) >= 11 is 0. The van der Waals surface area contributed by atoms with Crippen LogP contribution in [0.3, 0.4) is 0 Å². The van der Waals surface area contributed by atoms with E-state index < -0.39 is 5.97 Å². The summed E-state index contributed by atoms with van der Waals surface area (Å²) in [6.07, 6.45) is 3.74. The molecule has 2 aliphatic carbocycles. The summed E-state index contributed by atoms with van der Waals surface area (Å²) in [6, 6.07) is 11.7. The summed E-state index contributed by atoms with van der Waals surface area (Å²) in [5, 5.41) is 9.08. The first-order valence-corrected chi connectivity index (χ1v) is 11.0. The number of carboxylic acid groups (broad SMARTS) is 1. The summed E-state index contributed by atoms with van der Waals surface area (Å²) in [6.45, 7) is 4.38. The summed E-state index contributed by atoms with van der Waals surface area (Å²) in [5.74, 6) is 5.30. The number of hydrogen-bond donors (Lipinski definition) is 1. The molecule has 0 aromatic heterocycles. The molecule has 5 rings (SSSR count). The molecule has 2 fully saturated rings. The molecule has 1 saturated carbocycles. The minimum absolute atomic E-state index is 0.146. The maximum Gasteiger partial charge on any atom is 0.306 e. The largest absolute Gasteiger partial charge is 0.491 e. The van der Waals surface area contributed by atoms with E-state index in [1.807, 2.05) is 6.92 Å². The van der Waals surface area contributed by atoms with Gasteiger partial charge in [0.25, 0.3) is 0 Å². The molecular formula is C26H26FNO3. The van der Waals surface area contributed by atoms with Crippen LogP contribution < -0.4 is 4.74 Å². The van der Waals surface area contributed by atoms with E-state index in [0.717, 1.165) is 44.3 Å². The molecule has 1 N–H and O–H groups in total. The van der Waals surface area contributed by atoms with Gasteiger partial charge in [0.2, 0.25) is 0 Å². The lowest BCUT2D eigenvalue weighted by molar-refractivity contribution is -0.150. The topological polar surface area (TPSA) is 49.8 Å². The molecule has 1 heterocycles. The maximum absolute atomic E-state index is 14.0. The highest BCUT2D eigenvalue weighted by Gasteiger charge is 2.51. The third-order valence-electron chi connectivity index (χ3n) is 6.98. The van der Waals surface area contributed by atoms with Crippen LogP contribution in [-0.2, 0) is 17.6 Å². The van der Waals surface area contributed by atoms with E-state index in [0.29, 0.717) is 23.6 Å². The second kappa shape index (κ2) is 7.69. The number of carboxylic acids is 1. The van der Waals surface area contributed by atoms with Crippen molar-refractivity contribution in [1.82, 2.24) is 4.90 Å². The zero-order chi connectivity index (χ0) is 21.6. The fourth-order valence-corrected chi connectivity index (χ4v) is 5.29. The SMILES string of the molecule is CCOc1ccc(C#Cc2ccc3c(c2)CC2(C3)CN(C3CC(C(=O)O)C3)C2)cc1F. The van der Waals surface area contributed by atoms with Gasteiger partial charge >= 0.3 is 5.97 Å². The van der Waals surface area contributed by atoms with Gasteiger partial charge in [-0.2, -0.15) is 0 Å². The van der Waals surface area contributed by atoms with Crippen molar-refractivity contribution in [3.63, 3.8) is 0 Å². The molecule has 31 heavy (non-hydrogen) atoms. The average molecular weight is 419 g/mol. The first-order chi connectivity index (χ1) is 14.9. The van der Waals surface area contributed by atoms with Gasteiger partial charge in [-0.15, -0.1) is 0 Å². The number of nitrogens with zero attached hydrogens (tertiary/aromatic N) is 1. The number of likely N-dealkylation sites (tertiary alicyclic amines) is 1. The Kier molecular flexibility index (Phi) is 4.98. The number of ether oxygens (including phenoxy) is 1. The van der Waals surface area contributed by atoms with Crippen molar-refractivity contribution in [1.29, 1.82) is 0 Å². The molecule has 0 amide bonds. The Morgan fingerprint density at radius 3 is 2.48 bits per heavy atom. The van der Waals surface area contributed by atoms with Crippen molar-refractivity contribution in [3.8, 4) is 17.6 Å². The summed E-state index contributed by atoms with van der Waals surface area (Å²) in [4.78, 5) is 13.5. The van der Waals surface area contributed by atoms with Gasteiger partial charge in [0.1, 0.15) is 0 Å². The number of carbonyl (C=O) groups is 1. The second-order valence-electron chi connectivity index (χ2n) is 9.23. The standard InChI is InChI=1S/C26H26FNO3/c1-2-31-24-8-6-18(10-23(24)27)4-3-17-5-7-19-13-26(14-21(19)9-17)15-28(16-26)22-11-20(12-22)25(29)30/h5-10,20,22H,2,11-16H2,1H3,(H,29,30). The Hall–Kier alpha value is -2.84. The summed E-state index contributed by atoms with van der Waals surface area (Å²) < 4.78 is 19.3. The van der Waals surface area contributed by atoms with Gasteiger partial charge in [0.15, 0.2) is 11.6 Å². The molecule has 0 unspecified atom stereocenters. The Morgan fingerprint density at radius 2 is 1.81 bits per heavy atom. The van der Waals surface area contributed by atoms with Crippen molar-refractivity contribution in [2.45, 2.75) is 38.6 Å². The van der Waals surface area contributed by atoms with Gasteiger partial charge in [0.05, 0.1) is 12.5 Å². The van der Waals surface area contributed by atoms with Crippen LogP contribution >= 0.6 is 0 Å². The van der Waals surface area contributed by atoms with Crippen molar-refractivity contribution in [3.05, 3.63) is 64.5 Å². The average Bonchev–Trinajstić information content (AvgIpc) is 3.05. The zero-order valence-corrected chi connectivity index (χ0v) is 17.7. The summed E-state index contributed by atoms with van der Waals surface area (Å²) in [5.41, 5.74) is 4.65. The predicted molar refractivity (Wildman–Crippen MR) is 116 cm³/mol. The molecule has 0 bridgehead atoms. The third kappa shape index (κ3) is 3.81. The molecule has 160 valence electrons. The first kappa shape index (κ1) is 20.1. The lowest BCUT2D eigenvalue weighted by Crippen LogP contribution is -2.63. The smallest absolute Gasteiger partial charge is 0.306 e. The quantitative estimate of drug-likeness (QED) is 0.764. The van der Waals surface area contributed by atoms with Gasteiger partial charge in [-0.1, -0.05) is 17.9 Å². The summed E-state index contributed by atoms with van der Waals surface area (Å²) in [7, 11) is 0. The monoisotopic (exact) mass is 419 g/mol. The van der Waals surface area contributed by atoms with Gasteiger partial charge in [0, 0.05) is 35.7 Å². The predicted octanol–water partition coefficient (Wildman–Crippen LogP) is 3.89. The molecule has 2 aromatic carbocycles. The molecule has 1 spiro atoms. The molecule has 3 aliphatic rings. The maximum atomic E-state index is 14.0. The highest BCUT2D eigenvalue weighted by molar-refractivity contribution is 5.71. The minimum Gasteiger partial charge on any atom is -0.491 e. The molecule has 0 radical (unpaired) electrons. The van der Waals surface area contributed by atoms with Gasteiger partial charge < -0.3 is 9.84 Å². The number of hydrogen-bond acceptors (Lipinski definition) is 3. The van der Waals surface area contributed by atoms with E-state index in [-0.39, 0.29) is 17.5 Å². The molecular weight excluding hydrogens is 393 g/mol. The number of fused-ring (bicyclic) bond motifs is 1. The van der Waals surface area contributed by atoms with Crippen LogP contribution in [0.15, 0.2) is 36.4 Å². The van der Waals surface area contributed by atoms with Crippen LogP contribution in [0.5, 0.6) is 5.75 Å². The number of halogens is 1. The normalized spacial score (nSPS) is 23.3. The van der Waals surface area contributed by atoms with Crippen molar-refractivity contribution >= 4 is 5.97 Å². The number of rotatable bonds is 4. The third-order valence-corrected chi connectivity index (χ3v) is 6.98. The highest BCUT2D eigenvalue weighted by Crippen LogP contribution is 2.47. The van der Waals surface area contributed by atoms with E-state index >= 15 is 0 Å². The number of benzene rings is 2. The minimum atomic E-state index is -0.652. The van der Waals surface area contributed by atoms with E-state index in [1.54, 1.807) is 12.1 Å². The second-order valence-corrected chi connectivity index (χ2v) is 9.23. The van der Waals surface area contributed by atoms with Crippen molar-refractivity contribution in [2.75, 3.05) is 19.7 Å². The molecule has 0 atom stereocenters. The zero-order valence-electron chi connectivity index (χ0n) is 17.7. The van der Waals surface area contributed by atoms with E-state index in [2.05, 4.69) is 34.9 Å². The Bertz CT molecular complexity index is 1090. The first-order valence-electron chi connectivity index (χ1n) is 11.0. The number of aliphatic carboxylic acids is 1. The fourth-order valence-electron chi connectivity index (χ4n) is 5.29. The molecule has 2 aromatic rings. The lowest BCUT2D eigenvalue weighted by atomic mass is 9.71. The van der Waals surface area contributed by atoms with E-state index in [9.17, 15) is 9.18 Å². The van der Waals surface area contributed by atoms with Crippen LogP contribution in [0.4, 0.5) is 4.39 Å². The molecule has 1 saturated heterocycles. The van der Waals surface area contributed by atoms with Gasteiger partial charge in [-0.25, -0.2) is 4.39 Å². The van der Waals surface area contributed by atoms with Crippen LogP contribution in [0.2, 0.25) is 0 Å². The Balaban J connectivity index is 1.22. The van der Waals surface area contributed by atoms with Gasteiger partial charge in [-0.3, -0.25) is 9.69 Å². The molecule has 4 nitrogen and oxygen atoms in total. The fraction of sp³-hybridized carbons (Fsp3) is 0.423. The van der Waals surface area contributed by atoms with E-state index in [4.69, 9.17) is 9.84 Å². The lowest BCUT2D eigenvalue weighted by Gasteiger charge is -2.55.